The Morgan fingerprint density at radius 1 is 1.05 bits per heavy atom. The zero-order valence-corrected chi connectivity index (χ0v) is 12.8. The molecule has 19 heavy (non-hydrogen) atoms. The third-order valence-electron chi connectivity index (χ3n) is 5.68. The predicted molar refractivity (Wildman–Crippen MR) is 80.4 cm³/mol. The molecule has 0 saturated carbocycles. The second kappa shape index (κ2) is 6.11. The summed E-state index contributed by atoms with van der Waals surface area (Å²) in [5.74, 6) is 1.81. The lowest BCUT2D eigenvalue weighted by atomic mass is 9.81. The summed E-state index contributed by atoms with van der Waals surface area (Å²) in [5.41, 5.74) is 0. The molecule has 0 spiro atoms. The van der Waals surface area contributed by atoms with Crippen molar-refractivity contribution in [1.29, 1.82) is 0 Å². The molecule has 0 aromatic rings. The van der Waals surface area contributed by atoms with Gasteiger partial charge in [-0.25, -0.2) is 0 Å². The molecule has 4 fully saturated rings. The number of rotatable bonds is 4. The van der Waals surface area contributed by atoms with E-state index in [0.717, 1.165) is 23.9 Å². The molecule has 4 heterocycles. The van der Waals surface area contributed by atoms with Crippen molar-refractivity contribution in [3.05, 3.63) is 0 Å². The standard InChI is InChI=1S/C16H31N3/c1-3-7-17-15-6-10-19(11-13(15)2)16-12-18-8-4-14(16)5-9-18/h13-17H,3-12H2,1-2H3. The van der Waals surface area contributed by atoms with Gasteiger partial charge in [0.2, 0.25) is 0 Å². The Morgan fingerprint density at radius 2 is 1.84 bits per heavy atom. The molecular weight excluding hydrogens is 234 g/mol. The van der Waals surface area contributed by atoms with Crippen LogP contribution in [-0.2, 0) is 0 Å². The summed E-state index contributed by atoms with van der Waals surface area (Å²) in [7, 11) is 0. The van der Waals surface area contributed by atoms with Crippen LogP contribution in [0.5, 0.6) is 0 Å². The van der Waals surface area contributed by atoms with Crippen LogP contribution in [0.25, 0.3) is 0 Å². The van der Waals surface area contributed by atoms with E-state index in [0.29, 0.717) is 0 Å². The SMILES string of the molecule is CCCNC1CCN(C2CN3CCC2CC3)CC1C. The molecule has 0 aromatic carbocycles. The number of nitrogens with zero attached hydrogens (tertiary/aromatic N) is 2. The lowest BCUT2D eigenvalue weighted by Crippen LogP contribution is -2.61. The van der Waals surface area contributed by atoms with Crippen molar-refractivity contribution in [1.82, 2.24) is 15.1 Å². The van der Waals surface area contributed by atoms with E-state index in [1.807, 2.05) is 0 Å². The summed E-state index contributed by atoms with van der Waals surface area (Å²) in [5, 5.41) is 3.74. The summed E-state index contributed by atoms with van der Waals surface area (Å²) in [4.78, 5) is 5.52. The molecule has 3 atom stereocenters. The number of hydrogen-bond acceptors (Lipinski definition) is 3. The first-order valence-electron chi connectivity index (χ1n) is 8.47. The van der Waals surface area contributed by atoms with Crippen LogP contribution in [0.4, 0.5) is 0 Å². The summed E-state index contributed by atoms with van der Waals surface area (Å²) in [6.45, 7) is 12.6. The van der Waals surface area contributed by atoms with Gasteiger partial charge < -0.3 is 10.2 Å². The number of hydrogen-bond donors (Lipinski definition) is 1. The molecule has 0 aromatic heterocycles. The van der Waals surface area contributed by atoms with E-state index in [1.54, 1.807) is 0 Å². The van der Waals surface area contributed by atoms with Gasteiger partial charge in [0.25, 0.3) is 0 Å². The molecule has 3 nitrogen and oxygen atoms in total. The van der Waals surface area contributed by atoms with E-state index in [9.17, 15) is 0 Å². The molecule has 4 aliphatic rings. The number of nitrogens with one attached hydrogen (secondary N) is 1. The van der Waals surface area contributed by atoms with E-state index in [2.05, 4.69) is 29.0 Å². The Morgan fingerprint density at radius 3 is 2.42 bits per heavy atom. The zero-order chi connectivity index (χ0) is 13.2. The van der Waals surface area contributed by atoms with Crippen molar-refractivity contribution in [3.8, 4) is 0 Å². The van der Waals surface area contributed by atoms with Crippen molar-refractivity contribution in [2.45, 2.75) is 51.6 Å². The summed E-state index contributed by atoms with van der Waals surface area (Å²) < 4.78 is 0. The summed E-state index contributed by atoms with van der Waals surface area (Å²) in [6, 6.07) is 1.63. The van der Waals surface area contributed by atoms with E-state index >= 15 is 0 Å². The van der Waals surface area contributed by atoms with Crippen LogP contribution in [0.2, 0.25) is 0 Å². The first-order chi connectivity index (χ1) is 9.28. The van der Waals surface area contributed by atoms with Gasteiger partial charge in [0.1, 0.15) is 0 Å². The highest BCUT2D eigenvalue weighted by Crippen LogP contribution is 2.33. The average Bonchev–Trinajstić information content (AvgIpc) is 2.47. The van der Waals surface area contributed by atoms with Gasteiger partial charge in [-0.3, -0.25) is 4.90 Å². The van der Waals surface area contributed by atoms with Crippen LogP contribution in [0.15, 0.2) is 0 Å². The van der Waals surface area contributed by atoms with Crippen LogP contribution < -0.4 is 5.32 Å². The first-order valence-corrected chi connectivity index (χ1v) is 8.47. The Balaban J connectivity index is 1.54. The third kappa shape index (κ3) is 2.98. The normalized spacial score (nSPS) is 43.6. The number of likely N-dealkylation sites (tertiary alicyclic amines) is 1. The summed E-state index contributed by atoms with van der Waals surface area (Å²) in [6.07, 6.45) is 5.51. The Bertz CT molecular complexity index is 286. The van der Waals surface area contributed by atoms with Crippen molar-refractivity contribution in [2.75, 3.05) is 39.3 Å². The highest BCUT2D eigenvalue weighted by Gasteiger charge is 2.39. The maximum atomic E-state index is 3.74. The smallest absolute Gasteiger partial charge is 0.0252 e. The topological polar surface area (TPSA) is 18.5 Å². The zero-order valence-electron chi connectivity index (χ0n) is 12.8. The molecule has 4 aliphatic heterocycles. The van der Waals surface area contributed by atoms with Crippen LogP contribution in [0.3, 0.4) is 0 Å². The molecule has 0 radical (unpaired) electrons. The Labute approximate surface area is 118 Å². The fraction of sp³-hybridized carbons (Fsp3) is 1.00. The summed E-state index contributed by atoms with van der Waals surface area (Å²) >= 11 is 0. The van der Waals surface area contributed by atoms with Crippen LogP contribution in [0, 0.1) is 11.8 Å². The first kappa shape index (κ1) is 13.8. The minimum Gasteiger partial charge on any atom is -0.314 e. The van der Waals surface area contributed by atoms with Crippen molar-refractivity contribution < 1.29 is 0 Å². The highest BCUT2D eigenvalue weighted by atomic mass is 15.3. The fourth-order valence-corrected chi connectivity index (χ4v) is 4.46. The van der Waals surface area contributed by atoms with Crippen LogP contribution in [-0.4, -0.2) is 61.2 Å². The Kier molecular flexibility index (Phi) is 4.45. The van der Waals surface area contributed by atoms with E-state index in [4.69, 9.17) is 0 Å². The molecule has 2 bridgehead atoms. The quantitative estimate of drug-likeness (QED) is 0.836. The lowest BCUT2D eigenvalue weighted by molar-refractivity contribution is -0.0162. The lowest BCUT2D eigenvalue weighted by Gasteiger charge is -2.51. The van der Waals surface area contributed by atoms with E-state index in [-0.39, 0.29) is 0 Å². The molecule has 110 valence electrons. The van der Waals surface area contributed by atoms with Gasteiger partial charge in [0, 0.05) is 25.2 Å². The molecule has 3 unspecified atom stereocenters. The fourth-order valence-electron chi connectivity index (χ4n) is 4.46. The van der Waals surface area contributed by atoms with Gasteiger partial charge in [-0.1, -0.05) is 13.8 Å². The minimum atomic E-state index is 0.761. The van der Waals surface area contributed by atoms with Gasteiger partial charge >= 0.3 is 0 Å². The van der Waals surface area contributed by atoms with Gasteiger partial charge in [0.05, 0.1) is 0 Å². The van der Waals surface area contributed by atoms with E-state index < -0.39 is 0 Å². The molecule has 1 N–H and O–H groups in total. The monoisotopic (exact) mass is 265 g/mol. The predicted octanol–water partition coefficient (Wildman–Crippen LogP) is 1.79. The molecule has 0 amide bonds. The highest BCUT2D eigenvalue weighted by molar-refractivity contribution is 4.95. The van der Waals surface area contributed by atoms with Crippen molar-refractivity contribution >= 4 is 0 Å². The molecule has 4 rings (SSSR count). The van der Waals surface area contributed by atoms with Crippen LogP contribution in [0.1, 0.15) is 39.5 Å². The van der Waals surface area contributed by atoms with Crippen molar-refractivity contribution in [2.24, 2.45) is 11.8 Å². The maximum absolute atomic E-state index is 3.74. The number of piperidine rings is 4. The van der Waals surface area contributed by atoms with Crippen LogP contribution >= 0.6 is 0 Å². The minimum absolute atomic E-state index is 0.761. The van der Waals surface area contributed by atoms with Gasteiger partial charge in [-0.05, 0) is 63.7 Å². The van der Waals surface area contributed by atoms with E-state index in [1.165, 1.54) is 65.0 Å². The number of fused-ring (bicyclic) bond motifs is 3. The van der Waals surface area contributed by atoms with Gasteiger partial charge in [-0.2, -0.15) is 0 Å². The molecular formula is C16H31N3. The average molecular weight is 265 g/mol. The van der Waals surface area contributed by atoms with Crippen molar-refractivity contribution in [3.63, 3.8) is 0 Å². The van der Waals surface area contributed by atoms with Gasteiger partial charge in [0.15, 0.2) is 0 Å². The molecule has 0 aliphatic carbocycles. The largest absolute Gasteiger partial charge is 0.314 e. The second-order valence-corrected chi connectivity index (χ2v) is 7.03. The second-order valence-electron chi connectivity index (χ2n) is 7.03. The third-order valence-corrected chi connectivity index (χ3v) is 5.68. The molecule has 3 heteroatoms. The maximum Gasteiger partial charge on any atom is 0.0252 e. The molecule has 4 saturated heterocycles. The Hall–Kier alpha value is -0.120. The van der Waals surface area contributed by atoms with Gasteiger partial charge in [-0.15, -0.1) is 0 Å².